The number of aliphatic hydroxyl groups is 2. The van der Waals surface area contributed by atoms with Crippen LogP contribution in [0.3, 0.4) is 0 Å². The average molecular weight is 176 g/mol. The van der Waals surface area contributed by atoms with E-state index in [1.165, 1.54) is 0 Å². The van der Waals surface area contributed by atoms with Gasteiger partial charge in [0, 0.05) is 13.1 Å². The molecular formula is C7H16N2O3. The van der Waals surface area contributed by atoms with E-state index in [4.69, 9.17) is 15.9 Å². The smallest absolute Gasteiger partial charge is 0.248 e. The fourth-order valence-corrected chi connectivity index (χ4v) is 0.605. The van der Waals surface area contributed by atoms with Crippen molar-refractivity contribution in [3.63, 3.8) is 0 Å². The Bertz CT molecular complexity index is 141. The summed E-state index contributed by atoms with van der Waals surface area (Å²) >= 11 is 0. The molecule has 0 fully saturated rings. The molecule has 0 aromatic rings. The van der Waals surface area contributed by atoms with Gasteiger partial charge in [-0.1, -0.05) is 6.92 Å². The maximum atomic E-state index is 10.9. The van der Waals surface area contributed by atoms with Crippen molar-refractivity contribution in [1.82, 2.24) is 5.32 Å². The average Bonchev–Trinajstić information content (AvgIpc) is 2.11. The summed E-state index contributed by atoms with van der Waals surface area (Å²) in [7, 11) is 0. The Morgan fingerprint density at radius 3 is 2.58 bits per heavy atom. The molecule has 0 saturated heterocycles. The van der Waals surface area contributed by atoms with Gasteiger partial charge in [0.15, 0.2) is 0 Å². The highest BCUT2D eigenvalue weighted by molar-refractivity contribution is 5.80. The summed E-state index contributed by atoms with van der Waals surface area (Å²) in [6.45, 7) is 1.89. The minimum atomic E-state index is -0.991. The van der Waals surface area contributed by atoms with Gasteiger partial charge >= 0.3 is 0 Å². The number of nitrogens with one attached hydrogen (secondary N) is 1. The lowest BCUT2D eigenvalue weighted by atomic mass is 10.2. The molecule has 5 heteroatoms. The molecule has 0 radical (unpaired) electrons. The summed E-state index contributed by atoms with van der Waals surface area (Å²) < 4.78 is 0. The monoisotopic (exact) mass is 176 g/mol. The van der Waals surface area contributed by atoms with Gasteiger partial charge in [-0.15, -0.1) is 0 Å². The van der Waals surface area contributed by atoms with Crippen molar-refractivity contribution >= 4 is 5.91 Å². The van der Waals surface area contributed by atoms with Crippen LogP contribution >= 0.6 is 0 Å². The van der Waals surface area contributed by atoms with Crippen LogP contribution in [0.5, 0.6) is 0 Å². The number of hydrogen-bond donors (Lipinski definition) is 4. The van der Waals surface area contributed by atoms with Crippen LogP contribution in [-0.4, -0.2) is 41.4 Å². The maximum Gasteiger partial charge on any atom is 0.248 e. The Labute approximate surface area is 71.6 Å². The third-order valence-corrected chi connectivity index (χ3v) is 1.47. The summed E-state index contributed by atoms with van der Waals surface area (Å²) in [5, 5.41) is 20.3. The molecule has 0 aliphatic heterocycles. The minimum Gasteiger partial charge on any atom is -0.390 e. The molecule has 0 aromatic heterocycles. The van der Waals surface area contributed by atoms with Gasteiger partial charge in [-0.25, -0.2) is 0 Å². The Hall–Kier alpha value is -0.650. The lowest BCUT2D eigenvalue weighted by molar-refractivity contribution is -0.129. The third kappa shape index (κ3) is 4.27. The van der Waals surface area contributed by atoms with E-state index in [1.54, 1.807) is 6.92 Å². The van der Waals surface area contributed by atoms with E-state index in [0.29, 0.717) is 6.42 Å². The second kappa shape index (κ2) is 5.93. The quantitative estimate of drug-likeness (QED) is 0.397. The largest absolute Gasteiger partial charge is 0.390 e. The highest BCUT2D eigenvalue weighted by Crippen LogP contribution is 1.88. The summed E-state index contributed by atoms with van der Waals surface area (Å²) in [4.78, 5) is 10.9. The van der Waals surface area contributed by atoms with Crippen LogP contribution in [0.25, 0.3) is 0 Å². The number of carbonyl (C=O) groups is 1. The SMILES string of the molecule is CCC(O)C(=O)NCC(O)CN. The molecular weight excluding hydrogens is 160 g/mol. The van der Waals surface area contributed by atoms with Gasteiger partial charge in [0.2, 0.25) is 5.91 Å². The van der Waals surface area contributed by atoms with E-state index in [0.717, 1.165) is 0 Å². The number of nitrogens with two attached hydrogens (primary N) is 1. The number of hydrogen-bond acceptors (Lipinski definition) is 4. The van der Waals surface area contributed by atoms with Crippen LogP contribution in [-0.2, 0) is 4.79 Å². The number of aliphatic hydroxyl groups excluding tert-OH is 2. The van der Waals surface area contributed by atoms with Gasteiger partial charge < -0.3 is 21.3 Å². The molecule has 0 aliphatic rings. The molecule has 0 aliphatic carbocycles. The van der Waals surface area contributed by atoms with Gasteiger partial charge in [-0.3, -0.25) is 4.79 Å². The standard InChI is InChI=1S/C7H16N2O3/c1-2-6(11)7(12)9-4-5(10)3-8/h5-6,10-11H,2-4,8H2,1H3,(H,9,12). The van der Waals surface area contributed by atoms with Crippen LogP contribution < -0.4 is 11.1 Å². The van der Waals surface area contributed by atoms with Gasteiger partial charge in [-0.2, -0.15) is 0 Å². The Morgan fingerprint density at radius 1 is 1.58 bits per heavy atom. The summed E-state index contributed by atoms with van der Waals surface area (Å²) in [5.41, 5.74) is 5.10. The summed E-state index contributed by atoms with van der Waals surface area (Å²) in [5.74, 6) is -0.468. The fraction of sp³-hybridized carbons (Fsp3) is 0.857. The first-order valence-corrected chi connectivity index (χ1v) is 3.95. The normalized spacial score (nSPS) is 15.3. The lowest BCUT2D eigenvalue weighted by Gasteiger charge is -2.11. The van der Waals surface area contributed by atoms with Crippen LogP contribution in [0.2, 0.25) is 0 Å². The van der Waals surface area contributed by atoms with E-state index >= 15 is 0 Å². The zero-order valence-electron chi connectivity index (χ0n) is 7.16. The first kappa shape index (κ1) is 11.4. The molecule has 0 heterocycles. The maximum absolute atomic E-state index is 10.9. The lowest BCUT2D eigenvalue weighted by Crippen LogP contribution is -2.40. The van der Waals surface area contributed by atoms with E-state index in [2.05, 4.69) is 5.32 Å². The highest BCUT2D eigenvalue weighted by atomic mass is 16.3. The zero-order valence-corrected chi connectivity index (χ0v) is 7.16. The Morgan fingerprint density at radius 2 is 2.17 bits per heavy atom. The van der Waals surface area contributed by atoms with Crippen LogP contribution in [0.15, 0.2) is 0 Å². The molecule has 2 atom stereocenters. The highest BCUT2D eigenvalue weighted by Gasteiger charge is 2.12. The Kier molecular flexibility index (Phi) is 5.61. The minimum absolute atomic E-state index is 0.0897. The van der Waals surface area contributed by atoms with Gasteiger partial charge in [0.25, 0.3) is 0 Å². The van der Waals surface area contributed by atoms with Crippen molar-refractivity contribution in [2.24, 2.45) is 5.73 Å². The van der Waals surface area contributed by atoms with Crippen molar-refractivity contribution in [3.05, 3.63) is 0 Å². The van der Waals surface area contributed by atoms with E-state index < -0.39 is 18.1 Å². The topological polar surface area (TPSA) is 95.6 Å². The van der Waals surface area contributed by atoms with Crippen molar-refractivity contribution in [2.45, 2.75) is 25.6 Å². The molecule has 2 unspecified atom stereocenters. The van der Waals surface area contributed by atoms with Gasteiger partial charge in [0.1, 0.15) is 6.10 Å². The first-order valence-electron chi connectivity index (χ1n) is 3.95. The molecule has 1 amide bonds. The predicted octanol–water partition coefficient (Wildman–Crippen LogP) is -1.81. The van der Waals surface area contributed by atoms with Crippen LogP contribution in [0.1, 0.15) is 13.3 Å². The second-order valence-corrected chi connectivity index (χ2v) is 2.56. The summed E-state index contributed by atoms with van der Waals surface area (Å²) in [6.07, 6.45) is -1.36. The van der Waals surface area contributed by atoms with Crippen LogP contribution in [0.4, 0.5) is 0 Å². The number of carbonyl (C=O) groups excluding carboxylic acids is 1. The third-order valence-electron chi connectivity index (χ3n) is 1.47. The molecule has 72 valence electrons. The molecule has 5 N–H and O–H groups in total. The second-order valence-electron chi connectivity index (χ2n) is 2.56. The molecule has 0 saturated carbocycles. The molecule has 0 spiro atoms. The van der Waals surface area contributed by atoms with E-state index in [-0.39, 0.29) is 13.1 Å². The fourth-order valence-electron chi connectivity index (χ4n) is 0.605. The molecule has 0 bridgehead atoms. The summed E-state index contributed by atoms with van der Waals surface area (Å²) in [6, 6.07) is 0. The predicted molar refractivity (Wildman–Crippen MR) is 44.4 cm³/mol. The number of rotatable bonds is 5. The van der Waals surface area contributed by atoms with Gasteiger partial charge in [0.05, 0.1) is 6.10 Å². The van der Waals surface area contributed by atoms with Gasteiger partial charge in [-0.05, 0) is 6.42 Å². The van der Waals surface area contributed by atoms with E-state index in [9.17, 15) is 4.79 Å². The van der Waals surface area contributed by atoms with Crippen molar-refractivity contribution in [1.29, 1.82) is 0 Å². The zero-order chi connectivity index (χ0) is 9.56. The van der Waals surface area contributed by atoms with Crippen molar-refractivity contribution in [3.8, 4) is 0 Å². The van der Waals surface area contributed by atoms with Crippen molar-refractivity contribution in [2.75, 3.05) is 13.1 Å². The molecule has 0 rings (SSSR count). The molecule has 12 heavy (non-hydrogen) atoms. The molecule has 0 aromatic carbocycles. The number of amides is 1. The molecule has 5 nitrogen and oxygen atoms in total. The van der Waals surface area contributed by atoms with Crippen LogP contribution in [0, 0.1) is 0 Å². The van der Waals surface area contributed by atoms with Crippen molar-refractivity contribution < 1.29 is 15.0 Å². The first-order chi connectivity index (χ1) is 5.61. The van der Waals surface area contributed by atoms with E-state index in [1.807, 2.05) is 0 Å². The Balaban J connectivity index is 3.56.